The number of fused-ring (bicyclic) bond motifs is 3. The van der Waals surface area contributed by atoms with E-state index in [2.05, 4.69) is 16.0 Å². The summed E-state index contributed by atoms with van der Waals surface area (Å²) in [5.41, 5.74) is 0.569. The number of piperidine rings is 2. The van der Waals surface area contributed by atoms with Crippen molar-refractivity contribution < 1.29 is 37.1 Å². The molecule has 3 N–H and O–H groups in total. The first-order valence-corrected chi connectivity index (χ1v) is 15.5. The van der Waals surface area contributed by atoms with Crippen molar-refractivity contribution >= 4 is 41.0 Å². The van der Waals surface area contributed by atoms with E-state index in [1.54, 1.807) is 24.3 Å². The second kappa shape index (κ2) is 14.2. The van der Waals surface area contributed by atoms with E-state index < -0.39 is 72.0 Å². The maximum atomic E-state index is 15.3. The number of halogens is 4. The van der Waals surface area contributed by atoms with Crippen LogP contribution in [-0.4, -0.2) is 71.8 Å². The van der Waals surface area contributed by atoms with Crippen molar-refractivity contribution in [3.8, 4) is 0 Å². The number of nitrogens with one attached hydrogen (secondary N) is 3. The van der Waals surface area contributed by atoms with Crippen LogP contribution in [0.3, 0.4) is 0 Å². The Morgan fingerprint density at radius 1 is 1.23 bits per heavy atom. The minimum atomic E-state index is -3.21. The number of rotatable bonds is 12. The van der Waals surface area contributed by atoms with E-state index in [9.17, 15) is 23.6 Å². The molecule has 0 aromatic heterocycles. The standard InChI is InChI=1S/C31H40ClF3N4O5/c1-4-44-30(43)24(33)15-21(13-18-10-11-36-27(18)40)38-28(41)26-23-9-8-22(16-31(23,34)35)39(26)29(42)25(12-17(2)3)37-20-7-5-6-19(32)14-20/h5-7,14-15,17-18,21-23,25-26,37H,4,8-13,16H2,1-3H3,(H,36,40)(H,38,41)/b24-15+/t18-,21-,22+,23+,25-,26-/m0/s1. The Morgan fingerprint density at radius 3 is 2.59 bits per heavy atom. The summed E-state index contributed by atoms with van der Waals surface area (Å²) in [7, 11) is 0. The lowest BCUT2D eigenvalue weighted by Gasteiger charge is -2.54. The van der Waals surface area contributed by atoms with Gasteiger partial charge < -0.3 is 25.6 Å². The maximum absolute atomic E-state index is 15.3. The quantitative estimate of drug-likeness (QED) is 0.227. The van der Waals surface area contributed by atoms with Gasteiger partial charge in [-0.05, 0) is 69.2 Å². The summed E-state index contributed by atoms with van der Waals surface area (Å²) in [6.45, 7) is 5.67. The molecule has 3 amide bonds. The van der Waals surface area contributed by atoms with Crippen molar-refractivity contribution in [1.29, 1.82) is 0 Å². The average Bonchev–Trinajstić information content (AvgIpc) is 3.35. The van der Waals surface area contributed by atoms with Gasteiger partial charge in [0.15, 0.2) is 0 Å². The van der Waals surface area contributed by atoms with Crippen molar-refractivity contribution in [3.63, 3.8) is 0 Å². The molecule has 9 nitrogen and oxygen atoms in total. The first kappa shape index (κ1) is 33.6. The number of alkyl halides is 2. The molecule has 3 saturated heterocycles. The smallest absolute Gasteiger partial charge is 0.366 e. The highest BCUT2D eigenvalue weighted by atomic mass is 35.5. The van der Waals surface area contributed by atoms with Gasteiger partial charge in [0.25, 0.3) is 5.92 Å². The van der Waals surface area contributed by atoms with Crippen LogP contribution in [0.4, 0.5) is 18.9 Å². The van der Waals surface area contributed by atoms with Gasteiger partial charge in [0, 0.05) is 35.6 Å². The molecule has 5 rings (SSSR count). The summed E-state index contributed by atoms with van der Waals surface area (Å²) < 4.78 is 50.1. The summed E-state index contributed by atoms with van der Waals surface area (Å²) >= 11 is 6.14. The SMILES string of the molecule is CCOC(=O)/C(F)=C\[C@H](C[C@@H]1CCNC1=O)NC(=O)[C@@H]1[C@H]2CC[C@H](CC2(F)F)N1C(=O)[C@H](CC(C)C)Nc1cccc(Cl)c1. The van der Waals surface area contributed by atoms with E-state index in [0.717, 1.165) is 6.08 Å². The molecule has 3 aliphatic heterocycles. The lowest BCUT2D eigenvalue weighted by Crippen LogP contribution is -2.70. The molecule has 6 atom stereocenters. The molecule has 1 aromatic rings. The zero-order valence-electron chi connectivity index (χ0n) is 25.1. The number of ether oxygens (including phenoxy) is 1. The highest BCUT2D eigenvalue weighted by molar-refractivity contribution is 6.30. The fourth-order valence-corrected chi connectivity index (χ4v) is 6.72. The number of nitrogens with zero attached hydrogens (tertiary/aromatic N) is 1. The Morgan fingerprint density at radius 2 is 1.98 bits per heavy atom. The molecule has 1 aromatic carbocycles. The van der Waals surface area contributed by atoms with Gasteiger partial charge in [0.1, 0.15) is 12.1 Å². The van der Waals surface area contributed by atoms with Crippen molar-refractivity contribution in [3.05, 3.63) is 41.2 Å². The number of benzene rings is 1. The van der Waals surface area contributed by atoms with Crippen LogP contribution in [0.25, 0.3) is 0 Å². The average molecular weight is 641 g/mol. The van der Waals surface area contributed by atoms with Gasteiger partial charge in [-0.25, -0.2) is 13.6 Å². The largest absolute Gasteiger partial charge is 0.461 e. The Balaban J connectivity index is 1.65. The molecule has 0 unspecified atom stereocenters. The van der Waals surface area contributed by atoms with Gasteiger partial charge in [-0.2, -0.15) is 4.39 Å². The van der Waals surface area contributed by atoms with Gasteiger partial charge in [-0.3, -0.25) is 14.4 Å². The molecular weight excluding hydrogens is 601 g/mol. The zero-order chi connectivity index (χ0) is 32.2. The molecular formula is C31H40ClF3N4O5. The summed E-state index contributed by atoms with van der Waals surface area (Å²) in [6, 6.07) is 2.33. The van der Waals surface area contributed by atoms with Crippen molar-refractivity contribution in [2.45, 2.75) is 89.4 Å². The van der Waals surface area contributed by atoms with Gasteiger partial charge in [-0.1, -0.05) is 31.5 Å². The monoisotopic (exact) mass is 640 g/mol. The highest BCUT2D eigenvalue weighted by Gasteiger charge is 2.61. The van der Waals surface area contributed by atoms with Crippen LogP contribution in [0, 0.1) is 17.8 Å². The molecule has 44 heavy (non-hydrogen) atoms. The minimum absolute atomic E-state index is 0.0266. The molecule has 3 heterocycles. The van der Waals surface area contributed by atoms with Crippen LogP contribution in [0.2, 0.25) is 5.02 Å². The molecule has 1 saturated carbocycles. The third-order valence-electron chi connectivity index (χ3n) is 8.48. The lowest BCUT2D eigenvalue weighted by molar-refractivity contribution is -0.194. The fourth-order valence-electron chi connectivity index (χ4n) is 6.53. The number of carbonyl (C=O) groups is 4. The number of hydrogen-bond acceptors (Lipinski definition) is 6. The van der Waals surface area contributed by atoms with Crippen molar-refractivity contribution in [2.24, 2.45) is 17.8 Å². The van der Waals surface area contributed by atoms with Crippen LogP contribution in [0.5, 0.6) is 0 Å². The second-order valence-corrected chi connectivity index (χ2v) is 12.6. The molecule has 2 bridgehead atoms. The molecule has 0 spiro atoms. The Bertz CT molecular complexity index is 1280. The molecule has 13 heteroatoms. The van der Waals surface area contributed by atoms with Crippen LogP contribution >= 0.6 is 11.6 Å². The van der Waals surface area contributed by atoms with Crippen molar-refractivity contribution in [2.75, 3.05) is 18.5 Å². The molecule has 242 valence electrons. The summed E-state index contributed by atoms with van der Waals surface area (Å²) in [4.78, 5) is 53.7. The topological polar surface area (TPSA) is 117 Å². The van der Waals surface area contributed by atoms with Gasteiger partial charge >= 0.3 is 5.97 Å². The van der Waals surface area contributed by atoms with Crippen molar-refractivity contribution in [1.82, 2.24) is 15.5 Å². The second-order valence-electron chi connectivity index (χ2n) is 12.2. The third kappa shape index (κ3) is 7.86. The highest BCUT2D eigenvalue weighted by Crippen LogP contribution is 2.49. The molecule has 4 fully saturated rings. The Hall–Kier alpha value is -3.28. The Kier molecular flexibility index (Phi) is 10.9. The number of carbonyl (C=O) groups excluding carboxylic acids is 4. The third-order valence-corrected chi connectivity index (χ3v) is 8.71. The van der Waals surface area contributed by atoms with Gasteiger partial charge in [-0.15, -0.1) is 0 Å². The van der Waals surface area contributed by atoms with E-state index >= 15 is 8.78 Å². The minimum Gasteiger partial charge on any atom is -0.461 e. The normalized spacial score (nSPS) is 25.8. The first-order chi connectivity index (χ1) is 20.8. The summed E-state index contributed by atoms with van der Waals surface area (Å²) in [5.74, 6) is -9.42. The van der Waals surface area contributed by atoms with Crippen LogP contribution in [0.1, 0.15) is 59.3 Å². The number of hydrogen-bond donors (Lipinski definition) is 3. The number of anilines is 1. The summed E-state index contributed by atoms with van der Waals surface area (Å²) in [6.07, 6.45) is 1.32. The predicted octanol–water partition coefficient (Wildman–Crippen LogP) is 4.61. The summed E-state index contributed by atoms with van der Waals surface area (Å²) in [5, 5.41) is 8.90. The Labute approximate surface area is 260 Å². The van der Waals surface area contributed by atoms with Crippen LogP contribution in [-0.2, 0) is 23.9 Å². The zero-order valence-corrected chi connectivity index (χ0v) is 25.8. The van der Waals surface area contributed by atoms with E-state index in [0.29, 0.717) is 36.5 Å². The van der Waals surface area contributed by atoms with E-state index in [1.807, 2.05) is 13.8 Å². The van der Waals surface area contributed by atoms with E-state index in [1.165, 1.54) is 11.8 Å². The van der Waals surface area contributed by atoms with Gasteiger partial charge in [0.05, 0.1) is 18.6 Å². The van der Waals surface area contributed by atoms with Gasteiger partial charge in [0.2, 0.25) is 23.5 Å². The maximum Gasteiger partial charge on any atom is 0.366 e. The van der Waals surface area contributed by atoms with Crippen LogP contribution < -0.4 is 16.0 Å². The molecule has 0 radical (unpaired) electrons. The lowest BCUT2D eigenvalue weighted by atomic mass is 9.71. The van der Waals surface area contributed by atoms with E-state index in [4.69, 9.17) is 16.3 Å². The van der Waals surface area contributed by atoms with Crippen LogP contribution in [0.15, 0.2) is 36.2 Å². The molecule has 4 aliphatic rings. The van der Waals surface area contributed by atoms with E-state index in [-0.39, 0.29) is 31.3 Å². The molecule has 1 aliphatic carbocycles. The fraction of sp³-hybridized carbons (Fsp3) is 0.613. The predicted molar refractivity (Wildman–Crippen MR) is 159 cm³/mol. The first-order valence-electron chi connectivity index (χ1n) is 15.1. The number of esters is 1. The number of amides is 3.